The van der Waals surface area contributed by atoms with Crippen molar-refractivity contribution in [2.24, 2.45) is 0 Å². The second-order valence-corrected chi connectivity index (χ2v) is 6.11. The molecule has 1 aliphatic rings. The largest absolute Gasteiger partial charge is 0.372 e. The molecule has 0 bridgehead atoms. The summed E-state index contributed by atoms with van der Waals surface area (Å²) in [4.78, 5) is 0. The van der Waals surface area contributed by atoms with Gasteiger partial charge in [-0.1, -0.05) is 31.2 Å². The van der Waals surface area contributed by atoms with Gasteiger partial charge in [0.15, 0.2) is 0 Å². The van der Waals surface area contributed by atoms with E-state index in [1.165, 1.54) is 24.0 Å². The minimum absolute atomic E-state index is 0.216. The maximum Gasteiger partial charge on any atom is 0.0828 e. The average molecular weight is 261 g/mol. The molecule has 1 unspecified atom stereocenters. The smallest absolute Gasteiger partial charge is 0.0828 e. The Morgan fingerprint density at radius 3 is 2.89 bits per heavy atom. The Kier molecular flexibility index (Phi) is 5.00. The van der Waals surface area contributed by atoms with Crippen LogP contribution in [0, 0.1) is 0 Å². The molecule has 2 heteroatoms. The number of nitrogens with one attached hydrogen (secondary N) is 1. The van der Waals surface area contributed by atoms with Crippen molar-refractivity contribution in [2.75, 3.05) is 13.2 Å². The number of fused-ring (bicyclic) bond motifs is 1. The van der Waals surface area contributed by atoms with Crippen molar-refractivity contribution < 1.29 is 4.74 Å². The minimum Gasteiger partial charge on any atom is -0.372 e. The SMILES string of the molecule is CCC(C)(C)NCCOC1CCCc2ccccc21. The van der Waals surface area contributed by atoms with Crippen LogP contribution in [0.2, 0.25) is 0 Å². The van der Waals surface area contributed by atoms with E-state index in [-0.39, 0.29) is 5.54 Å². The fraction of sp³-hybridized carbons (Fsp3) is 0.647. The molecular weight excluding hydrogens is 234 g/mol. The highest BCUT2D eigenvalue weighted by molar-refractivity contribution is 5.31. The highest BCUT2D eigenvalue weighted by Crippen LogP contribution is 2.31. The molecule has 0 fully saturated rings. The van der Waals surface area contributed by atoms with Gasteiger partial charge in [-0.25, -0.2) is 0 Å². The maximum atomic E-state index is 6.09. The third kappa shape index (κ3) is 4.05. The first-order chi connectivity index (χ1) is 9.12. The summed E-state index contributed by atoms with van der Waals surface area (Å²) in [5.41, 5.74) is 3.09. The normalized spacial score (nSPS) is 19.2. The minimum atomic E-state index is 0.216. The van der Waals surface area contributed by atoms with Crippen molar-refractivity contribution in [3.63, 3.8) is 0 Å². The predicted molar refractivity (Wildman–Crippen MR) is 80.4 cm³/mol. The summed E-state index contributed by atoms with van der Waals surface area (Å²) in [6.45, 7) is 8.42. The van der Waals surface area contributed by atoms with Crippen molar-refractivity contribution in [1.29, 1.82) is 0 Å². The molecule has 0 radical (unpaired) electrons. The lowest BCUT2D eigenvalue weighted by Gasteiger charge is -2.28. The number of benzene rings is 1. The second kappa shape index (κ2) is 6.53. The molecule has 106 valence electrons. The summed E-state index contributed by atoms with van der Waals surface area (Å²) in [6, 6.07) is 8.72. The van der Waals surface area contributed by atoms with E-state index >= 15 is 0 Å². The molecule has 19 heavy (non-hydrogen) atoms. The zero-order valence-electron chi connectivity index (χ0n) is 12.5. The molecule has 1 aromatic carbocycles. The molecule has 0 heterocycles. The van der Waals surface area contributed by atoms with E-state index in [1.54, 1.807) is 0 Å². The van der Waals surface area contributed by atoms with Crippen LogP contribution in [0.1, 0.15) is 57.3 Å². The molecule has 0 aliphatic heterocycles. The monoisotopic (exact) mass is 261 g/mol. The van der Waals surface area contributed by atoms with Gasteiger partial charge in [-0.2, -0.15) is 0 Å². The first-order valence-corrected chi connectivity index (χ1v) is 7.57. The van der Waals surface area contributed by atoms with Crippen molar-refractivity contribution >= 4 is 0 Å². The van der Waals surface area contributed by atoms with Gasteiger partial charge in [0.1, 0.15) is 0 Å². The van der Waals surface area contributed by atoms with Crippen molar-refractivity contribution in [1.82, 2.24) is 5.32 Å². The van der Waals surface area contributed by atoms with Gasteiger partial charge in [0, 0.05) is 12.1 Å². The van der Waals surface area contributed by atoms with E-state index in [0.717, 1.165) is 26.0 Å². The topological polar surface area (TPSA) is 21.3 Å². The van der Waals surface area contributed by atoms with Crippen LogP contribution in [-0.2, 0) is 11.2 Å². The van der Waals surface area contributed by atoms with Gasteiger partial charge in [-0.15, -0.1) is 0 Å². The molecule has 1 aromatic rings. The third-order valence-electron chi connectivity index (χ3n) is 4.22. The molecule has 1 N–H and O–H groups in total. The van der Waals surface area contributed by atoms with E-state index in [9.17, 15) is 0 Å². The molecule has 0 aromatic heterocycles. The Labute approximate surface area is 117 Å². The molecule has 2 nitrogen and oxygen atoms in total. The van der Waals surface area contributed by atoms with Crippen LogP contribution in [0.25, 0.3) is 0 Å². The Morgan fingerprint density at radius 2 is 2.11 bits per heavy atom. The van der Waals surface area contributed by atoms with Gasteiger partial charge in [0.2, 0.25) is 0 Å². The Hall–Kier alpha value is -0.860. The third-order valence-corrected chi connectivity index (χ3v) is 4.22. The number of rotatable bonds is 6. The first kappa shape index (κ1) is 14.5. The van der Waals surface area contributed by atoms with E-state index < -0.39 is 0 Å². The summed E-state index contributed by atoms with van der Waals surface area (Å²) in [5, 5.41) is 3.55. The second-order valence-electron chi connectivity index (χ2n) is 6.11. The van der Waals surface area contributed by atoms with E-state index in [0.29, 0.717) is 6.10 Å². The summed E-state index contributed by atoms with van der Waals surface area (Å²) < 4.78 is 6.09. The summed E-state index contributed by atoms with van der Waals surface area (Å²) in [5.74, 6) is 0. The molecule has 2 rings (SSSR count). The van der Waals surface area contributed by atoms with Crippen molar-refractivity contribution in [3.05, 3.63) is 35.4 Å². The van der Waals surface area contributed by atoms with Gasteiger partial charge in [-0.05, 0) is 50.7 Å². The van der Waals surface area contributed by atoms with Crippen molar-refractivity contribution in [2.45, 2.75) is 58.1 Å². The van der Waals surface area contributed by atoms with Crippen LogP contribution < -0.4 is 5.32 Å². The molecule has 1 aliphatic carbocycles. The molecule has 0 spiro atoms. The fourth-order valence-corrected chi connectivity index (χ4v) is 2.60. The Bertz CT molecular complexity index is 400. The zero-order chi connectivity index (χ0) is 13.7. The average Bonchev–Trinajstić information content (AvgIpc) is 2.44. The summed E-state index contributed by atoms with van der Waals surface area (Å²) in [6.07, 6.45) is 5.05. The maximum absolute atomic E-state index is 6.09. The number of hydrogen-bond acceptors (Lipinski definition) is 2. The first-order valence-electron chi connectivity index (χ1n) is 7.57. The summed E-state index contributed by atoms with van der Waals surface area (Å²) >= 11 is 0. The van der Waals surface area contributed by atoms with E-state index in [4.69, 9.17) is 4.74 Å². The fourth-order valence-electron chi connectivity index (χ4n) is 2.60. The van der Waals surface area contributed by atoms with Crippen LogP contribution in [0.5, 0.6) is 0 Å². The predicted octanol–water partition coefficient (Wildman–Crippen LogP) is 3.86. The van der Waals surface area contributed by atoms with Gasteiger partial charge >= 0.3 is 0 Å². The lowest BCUT2D eigenvalue weighted by molar-refractivity contribution is 0.0398. The highest BCUT2D eigenvalue weighted by Gasteiger charge is 2.20. The Balaban J connectivity index is 1.82. The quantitative estimate of drug-likeness (QED) is 0.785. The number of aryl methyl sites for hydroxylation is 1. The van der Waals surface area contributed by atoms with Crippen LogP contribution in [0.4, 0.5) is 0 Å². The van der Waals surface area contributed by atoms with E-state index in [2.05, 4.69) is 50.4 Å². The molecule has 0 amide bonds. The number of hydrogen-bond donors (Lipinski definition) is 1. The van der Waals surface area contributed by atoms with Crippen LogP contribution in [0.15, 0.2) is 24.3 Å². The molecule has 1 atom stereocenters. The lowest BCUT2D eigenvalue weighted by atomic mass is 9.89. The highest BCUT2D eigenvalue weighted by atomic mass is 16.5. The van der Waals surface area contributed by atoms with Gasteiger partial charge < -0.3 is 10.1 Å². The molecule has 0 saturated carbocycles. The van der Waals surface area contributed by atoms with Crippen LogP contribution in [0.3, 0.4) is 0 Å². The van der Waals surface area contributed by atoms with Crippen molar-refractivity contribution in [3.8, 4) is 0 Å². The standard InChI is InChI=1S/C17H27NO/c1-4-17(2,3)18-12-13-19-16-11-7-9-14-8-5-6-10-15(14)16/h5-6,8,10,16,18H,4,7,9,11-13H2,1-3H3. The van der Waals surface area contributed by atoms with E-state index in [1.807, 2.05) is 0 Å². The number of ether oxygens (including phenoxy) is 1. The van der Waals surface area contributed by atoms with Gasteiger partial charge in [0.25, 0.3) is 0 Å². The lowest BCUT2D eigenvalue weighted by Crippen LogP contribution is -2.40. The molecule has 0 saturated heterocycles. The van der Waals surface area contributed by atoms with Crippen LogP contribution in [-0.4, -0.2) is 18.7 Å². The Morgan fingerprint density at radius 1 is 1.32 bits per heavy atom. The van der Waals surface area contributed by atoms with Gasteiger partial charge in [-0.3, -0.25) is 0 Å². The van der Waals surface area contributed by atoms with Gasteiger partial charge in [0.05, 0.1) is 12.7 Å². The van der Waals surface area contributed by atoms with Crippen LogP contribution >= 0.6 is 0 Å². The summed E-state index contributed by atoms with van der Waals surface area (Å²) in [7, 11) is 0. The zero-order valence-corrected chi connectivity index (χ0v) is 12.5. The molecular formula is C17H27NO.